The summed E-state index contributed by atoms with van der Waals surface area (Å²) in [6.45, 7) is 0. The standard InChI is InChI=1S/C14H12BrClN2OS/c15-9-2-1-3-11(6-9)18-14(19)8-20-13-7-10(16)4-5-12(13)17/h1-7H,8,17H2,(H,18,19). The minimum absolute atomic E-state index is 0.0903. The minimum atomic E-state index is -0.0903. The van der Waals surface area contributed by atoms with Crippen LogP contribution in [0.25, 0.3) is 0 Å². The highest BCUT2D eigenvalue weighted by Crippen LogP contribution is 2.28. The lowest BCUT2D eigenvalue weighted by Gasteiger charge is -2.07. The number of rotatable bonds is 4. The van der Waals surface area contributed by atoms with Crippen molar-refractivity contribution in [2.24, 2.45) is 0 Å². The average molecular weight is 372 g/mol. The predicted molar refractivity (Wildman–Crippen MR) is 89.4 cm³/mol. The van der Waals surface area contributed by atoms with E-state index in [0.29, 0.717) is 10.7 Å². The molecule has 0 spiro atoms. The predicted octanol–water partition coefficient (Wildman–Crippen LogP) is 4.42. The van der Waals surface area contributed by atoms with Gasteiger partial charge in [0.2, 0.25) is 5.91 Å². The van der Waals surface area contributed by atoms with Crippen LogP contribution in [-0.4, -0.2) is 11.7 Å². The Balaban J connectivity index is 1.94. The van der Waals surface area contributed by atoms with Crippen LogP contribution in [0, 0.1) is 0 Å². The van der Waals surface area contributed by atoms with Gasteiger partial charge in [-0.1, -0.05) is 33.6 Å². The summed E-state index contributed by atoms with van der Waals surface area (Å²) >= 11 is 10.6. The third kappa shape index (κ3) is 4.44. The normalized spacial score (nSPS) is 10.3. The minimum Gasteiger partial charge on any atom is -0.398 e. The number of benzene rings is 2. The molecule has 0 radical (unpaired) electrons. The van der Waals surface area contributed by atoms with Crippen LogP contribution in [0.4, 0.5) is 11.4 Å². The molecule has 0 aromatic heterocycles. The number of thioether (sulfide) groups is 1. The number of hydrogen-bond acceptors (Lipinski definition) is 3. The average Bonchev–Trinajstić information content (AvgIpc) is 2.40. The van der Waals surface area contributed by atoms with Crippen molar-refractivity contribution < 1.29 is 4.79 Å². The van der Waals surface area contributed by atoms with Crippen molar-refractivity contribution in [1.29, 1.82) is 0 Å². The monoisotopic (exact) mass is 370 g/mol. The van der Waals surface area contributed by atoms with Gasteiger partial charge in [-0.05, 0) is 36.4 Å². The first kappa shape index (κ1) is 15.2. The number of anilines is 2. The van der Waals surface area contributed by atoms with Gasteiger partial charge in [0.1, 0.15) is 0 Å². The molecule has 2 aromatic rings. The second kappa shape index (κ2) is 7.02. The quantitative estimate of drug-likeness (QED) is 0.618. The van der Waals surface area contributed by atoms with Gasteiger partial charge in [-0.25, -0.2) is 0 Å². The van der Waals surface area contributed by atoms with Crippen LogP contribution in [0.15, 0.2) is 51.8 Å². The highest BCUT2D eigenvalue weighted by molar-refractivity contribution is 9.10. The number of nitrogen functional groups attached to an aromatic ring is 1. The molecule has 6 heteroatoms. The molecule has 0 heterocycles. The van der Waals surface area contributed by atoms with Crippen molar-refractivity contribution in [1.82, 2.24) is 0 Å². The maximum Gasteiger partial charge on any atom is 0.234 e. The fraction of sp³-hybridized carbons (Fsp3) is 0.0714. The van der Waals surface area contributed by atoms with Gasteiger partial charge in [-0.3, -0.25) is 4.79 Å². The number of nitrogens with two attached hydrogens (primary N) is 1. The van der Waals surface area contributed by atoms with Crippen LogP contribution in [0.2, 0.25) is 5.02 Å². The molecule has 0 saturated heterocycles. The Morgan fingerprint density at radius 1 is 1.30 bits per heavy atom. The van der Waals surface area contributed by atoms with Crippen LogP contribution in [0.1, 0.15) is 0 Å². The largest absolute Gasteiger partial charge is 0.398 e. The molecular formula is C14H12BrClN2OS. The molecule has 3 nitrogen and oxygen atoms in total. The lowest BCUT2D eigenvalue weighted by molar-refractivity contribution is -0.113. The zero-order valence-corrected chi connectivity index (χ0v) is 13.6. The van der Waals surface area contributed by atoms with E-state index in [1.165, 1.54) is 11.8 Å². The molecular weight excluding hydrogens is 360 g/mol. The molecule has 0 fully saturated rings. The fourth-order valence-corrected chi connectivity index (χ4v) is 2.98. The van der Waals surface area contributed by atoms with Gasteiger partial charge >= 0.3 is 0 Å². The maximum atomic E-state index is 11.9. The van der Waals surface area contributed by atoms with E-state index < -0.39 is 0 Å². The summed E-state index contributed by atoms with van der Waals surface area (Å²) in [4.78, 5) is 12.7. The zero-order valence-electron chi connectivity index (χ0n) is 10.4. The van der Waals surface area contributed by atoms with Crippen LogP contribution in [0.3, 0.4) is 0 Å². The molecule has 104 valence electrons. The first-order valence-electron chi connectivity index (χ1n) is 5.78. The van der Waals surface area contributed by atoms with E-state index in [2.05, 4.69) is 21.2 Å². The smallest absolute Gasteiger partial charge is 0.234 e. The van der Waals surface area contributed by atoms with E-state index in [1.807, 2.05) is 24.3 Å². The molecule has 0 aliphatic rings. The van der Waals surface area contributed by atoms with Gasteiger partial charge in [0.25, 0.3) is 0 Å². The first-order chi connectivity index (χ1) is 9.54. The van der Waals surface area contributed by atoms with Crippen LogP contribution >= 0.6 is 39.3 Å². The molecule has 0 saturated carbocycles. The molecule has 0 unspecified atom stereocenters. The van der Waals surface area contributed by atoms with Gasteiger partial charge in [-0.2, -0.15) is 0 Å². The van der Waals surface area contributed by atoms with Gasteiger partial charge in [0.15, 0.2) is 0 Å². The number of hydrogen-bond donors (Lipinski definition) is 2. The Labute approximate surface area is 135 Å². The molecule has 1 amide bonds. The topological polar surface area (TPSA) is 55.1 Å². The Hall–Kier alpha value is -1.17. The van der Waals surface area contributed by atoms with Crippen LogP contribution in [0.5, 0.6) is 0 Å². The second-order valence-electron chi connectivity index (χ2n) is 4.03. The lowest BCUT2D eigenvalue weighted by Crippen LogP contribution is -2.14. The molecule has 3 N–H and O–H groups in total. The van der Waals surface area contributed by atoms with E-state index in [1.54, 1.807) is 18.2 Å². The van der Waals surface area contributed by atoms with E-state index in [-0.39, 0.29) is 11.7 Å². The van der Waals surface area contributed by atoms with Gasteiger partial charge in [0, 0.05) is 25.8 Å². The van der Waals surface area contributed by atoms with E-state index in [0.717, 1.165) is 15.1 Å². The lowest BCUT2D eigenvalue weighted by atomic mass is 10.3. The second-order valence-corrected chi connectivity index (χ2v) is 6.40. The number of carbonyl (C=O) groups is 1. The van der Waals surface area contributed by atoms with Crippen molar-refractivity contribution in [2.45, 2.75) is 4.90 Å². The summed E-state index contributed by atoms with van der Waals surface area (Å²) in [5.41, 5.74) is 7.20. The summed E-state index contributed by atoms with van der Waals surface area (Å²) < 4.78 is 0.919. The van der Waals surface area contributed by atoms with Crippen molar-refractivity contribution in [3.05, 3.63) is 52.0 Å². The number of carbonyl (C=O) groups excluding carboxylic acids is 1. The SMILES string of the molecule is Nc1ccc(Cl)cc1SCC(=O)Nc1cccc(Br)c1. The van der Waals surface area contributed by atoms with E-state index in [4.69, 9.17) is 17.3 Å². The first-order valence-corrected chi connectivity index (χ1v) is 7.93. The molecule has 0 aliphatic carbocycles. The van der Waals surface area contributed by atoms with Gasteiger partial charge < -0.3 is 11.1 Å². The zero-order chi connectivity index (χ0) is 14.5. The summed E-state index contributed by atoms with van der Waals surface area (Å²) in [7, 11) is 0. The highest BCUT2D eigenvalue weighted by atomic mass is 79.9. The Morgan fingerprint density at radius 2 is 2.10 bits per heavy atom. The van der Waals surface area contributed by atoms with Crippen LogP contribution in [-0.2, 0) is 4.79 Å². The summed E-state index contributed by atoms with van der Waals surface area (Å²) in [5.74, 6) is 0.185. The van der Waals surface area contributed by atoms with Crippen molar-refractivity contribution in [3.8, 4) is 0 Å². The number of amides is 1. The Bertz CT molecular complexity index is 636. The van der Waals surface area contributed by atoms with Crippen molar-refractivity contribution >= 4 is 56.6 Å². The van der Waals surface area contributed by atoms with Gasteiger partial charge in [-0.15, -0.1) is 11.8 Å². The van der Waals surface area contributed by atoms with Crippen LogP contribution < -0.4 is 11.1 Å². The molecule has 2 rings (SSSR count). The third-order valence-electron chi connectivity index (χ3n) is 2.44. The van der Waals surface area contributed by atoms with Crippen molar-refractivity contribution in [3.63, 3.8) is 0 Å². The van der Waals surface area contributed by atoms with Crippen molar-refractivity contribution in [2.75, 3.05) is 16.8 Å². The van der Waals surface area contributed by atoms with E-state index >= 15 is 0 Å². The summed E-state index contributed by atoms with van der Waals surface area (Å²) in [6, 6.07) is 12.7. The molecule has 20 heavy (non-hydrogen) atoms. The molecule has 0 atom stereocenters. The third-order valence-corrected chi connectivity index (χ3v) is 4.24. The number of nitrogens with one attached hydrogen (secondary N) is 1. The fourth-order valence-electron chi connectivity index (χ4n) is 1.54. The van der Waals surface area contributed by atoms with Gasteiger partial charge in [0.05, 0.1) is 5.75 Å². The molecule has 0 aliphatic heterocycles. The summed E-state index contributed by atoms with van der Waals surface area (Å²) in [6.07, 6.45) is 0. The Morgan fingerprint density at radius 3 is 2.85 bits per heavy atom. The van der Waals surface area contributed by atoms with E-state index in [9.17, 15) is 4.79 Å². The maximum absolute atomic E-state index is 11.9. The molecule has 2 aromatic carbocycles. The molecule has 0 bridgehead atoms. The summed E-state index contributed by atoms with van der Waals surface area (Å²) in [5, 5.41) is 3.43. The highest BCUT2D eigenvalue weighted by Gasteiger charge is 2.07. The number of halogens is 2. The Kier molecular flexibility index (Phi) is 5.34.